The SMILES string of the molecule is CCOc1ccc(C(C)=O)c(F)c1C=O. The zero-order valence-corrected chi connectivity index (χ0v) is 8.54. The van der Waals surface area contributed by atoms with E-state index < -0.39 is 11.6 Å². The molecule has 1 aromatic carbocycles. The molecule has 3 nitrogen and oxygen atoms in total. The minimum atomic E-state index is -0.816. The molecule has 0 radical (unpaired) electrons. The highest BCUT2D eigenvalue weighted by Crippen LogP contribution is 2.23. The minimum absolute atomic E-state index is 0.0967. The lowest BCUT2D eigenvalue weighted by atomic mass is 10.1. The number of aldehydes is 1. The highest BCUT2D eigenvalue weighted by molar-refractivity contribution is 5.96. The van der Waals surface area contributed by atoms with Crippen LogP contribution in [-0.4, -0.2) is 18.7 Å². The van der Waals surface area contributed by atoms with Crippen LogP contribution in [0, 0.1) is 5.82 Å². The van der Waals surface area contributed by atoms with Crippen molar-refractivity contribution in [2.45, 2.75) is 13.8 Å². The predicted octanol–water partition coefficient (Wildman–Crippen LogP) is 2.24. The van der Waals surface area contributed by atoms with Gasteiger partial charge in [-0.15, -0.1) is 0 Å². The molecule has 4 heteroatoms. The fourth-order valence-electron chi connectivity index (χ4n) is 1.24. The first-order valence-corrected chi connectivity index (χ1v) is 4.53. The number of rotatable bonds is 4. The third-order valence-electron chi connectivity index (χ3n) is 1.94. The summed E-state index contributed by atoms with van der Waals surface area (Å²) in [7, 11) is 0. The van der Waals surface area contributed by atoms with Crippen LogP contribution in [0.2, 0.25) is 0 Å². The number of benzene rings is 1. The van der Waals surface area contributed by atoms with E-state index in [4.69, 9.17) is 4.74 Å². The van der Waals surface area contributed by atoms with Gasteiger partial charge in [0.25, 0.3) is 0 Å². The maximum Gasteiger partial charge on any atom is 0.162 e. The number of halogens is 1. The Labute approximate surface area is 86.9 Å². The van der Waals surface area contributed by atoms with Gasteiger partial charge in [-0.25, -0.2) is 4.39 Å². The maximum atomic E-state index is 13.6. The van der Waals surface area contributed by atoms with Gasteiger partial charge in [-0.3, -0.25) is 9.59 Å². The van der Waals surface area contributed by atoms with Crippen LogP contribution in [0.3, 0.4) is 0 Å². The van der Waals surface area contributed by atoms with E-state index in [0.717, 1.165) is 0 Å². The zero-order valence-electron chi connectivity index (χ0n) is 8.54. The summed E-state index contributed by atoms with van der Waals surface area (Å²) in [5.74, 6) is -1.07. The smallest absolute Gasteiger partial charge is 0.162 e. The van der Waals surface area contributed by atoms with Crippen LogP contribution in [0.5, 0.6) is 5.75 Å². The van der Waals surface area contributed by atoms with Gasteiger partial charge < -0.3 is 4.74 Å². The standard InChI is InChI=1S/C11H11FO3/c1-3-15-10-5-4-8(7(2)14)11(12)9(10)6-13/h4-6H,3H2,1-2H3. The maximum absolute atomic E-state index is 13.6. The molecule has 0 heterocycles. The van der Waals surface area contributed by atoms with E-state index >= 15 is 0 Å². The van der Waals surface area contributed by atoms with Gasteiger partial charge in [-0.2, -0.15) is 0 Å². The van der Waals surface area contributed by atoms with Gasteiger partial charge >= 0.3 is 0 Å². The summed E-state index contributed by atoms with van der Waals surface area (Å²) in [4.78, 5) is 21.7. The first-order valence-electron chi connectivity index (χ1n) is 4.53. The van der Waals surface area contributed by atoms with Crippen LogP contribution >= 0.6 is 0 Å². The Bertz CT molecular complexity index is 399. The van der Waals surface area contributed by atoms with Gasteiger partial charge in [0.2, 0.25) is 0 Å². The number of ether oxygens (including phenoxy) is 1. The van der Waals surface area contributed by atoms with Gasteiger partial charge in [0.15, 0.2) is 12.1 Å². The van der Waals surface area contributed by atoms with Crippen molar-refractivity contribution >= 4 is 12.1 Å². The van der Waals surface area contributed by atoms with Crippen LogP contribution in [0.1, 0.15) is 34.6 Å². The summed E-state index contributed by atoms with van der Waals surface area (Å²) in [6.07, 6.45) is 0.354. The van der Waals surface area contributed by atoms with Crippen molar-refractivity contribution in [1.29, 1.82) is 0 Å². The van der Waals surface area contributed by atoms with Gasteiger partial charge in [-0.05, 0) is 26.0 Å². The Morgan fingerprint density at radius 2 is 2.20 bits per heavy atom. The van der Waals surface area contributed by atoms with Crippen molar-refractivity contribution in [3.8, 4) is 5.75 Å². The number of hydrogen-bond donors (Lipinski definition) is 0. The second-order valence-corrected chi connectivity index (χ2v) is 2.95. The molecule has 0 aliphatic carbocycles. The number of ketones is 1. The molecule has 0 aliphatic rings. The predicted molar refractivity (Wildman–Crippen MR) is 53.0 cm³/mol. The van der Waals surface area contributed by atoms with E-state index in [1.165, 1.54) is 19.1 Å². The van der Waals surface area contributed by atoms with E-state index in [2.05, 4.69) is 0 Å². The van der Waals surface area contributed by atoms with Crippen molar-refractivity contribution in [3.63, 3.8) is 0 Å². The van der Waals surface area contributed by atoms with Crippen molar-refractivity contribution in [2.24, 2.45) is 0 Å². The van der Waals surface area contributed by atoms with Crippen molar-refractivity contribution < 1.29 is 18.7 Å². The molecule has 15 heavy (non-hydrogen) atoms. The monoisotopic (exact) mass is 210 g/mol. The lowest BCUT2D eigenvalue weighted by molar-refractivity contribution is 0.101. The number of carbonyl (C=O) groups is 2. The first-order chi connectivity index (χ1) is 7.11. The molecule has 80 valence electrons. The van der Waals surface area contributed by atoms with E-state index in [1.807, 2.05) is 0 Å². The summed E-state index contributed by atoms with van der Waals surface area (Å²) in [6, 6.07) is 2.74. The van der Waals surface area contributed by atoms with Gasteiger partial charge in [0.1, 0.15) is 11.6 Å². The van der Waals surface area contributed by atoms with Crippen LogP contribution in [-0.2, 0) is 0 Å². The highest BCUT2D eigenvalue weighted by Gasteiger charge is 2.16. The molecule has 1 aromatic rings. The second kappa shape index (κ2) is 4.68. The fraction of sp³-hybridized carbons (Fsp3) is 0.273. The molecule has 0 N–H and O–H groups in total. The Balaban J connectivity index is 3.32. The van der Waals surface area contributed by atoms with Crippen LogP contribution in [0.25, 0.3) is 0 Å². The fourth-order valence-corrected chi connectivity index (χ4v) is 1.24. The number of hydrogen-bond acceptors (Lipinski definition) is 3. The van der Waals surface area contributed by atoms with E-state index in [-0.39, 0.29) is 16.9 Å². The Morgan fingerprint density at radius 1 is 1.53 bits per heavy atom. The van der Waals surface area contributed by atoms with Crippen LogP contribution in [0.15, 0.2) is 12.1 Å². The average molecular weight is 210 g/mol. The van der Waals surface area contributed by atoms with Gasteiger partial charge in [0, 0.05) is 0 Å². The number of Topliss-reactive ketones (excluding diaryl/α,β-unsaturated/α-hetero) is 1. The van der Waals surface area contributed by atoms with Crippen LogP contribution in [0.4, 0.5) is 4.39 Å². The number of carbonyl (C=O) groups excluding carboxylic acids is 2. The lowest BCUT2D eigenvalue weighted by Gasteiger charge is -2.08. The summed E-state index contributed by atoms with van der Waals surface area (Å²) in [5.41, 5.74) is -0.301. The summed E-state index contributed by atoms with van der Waals surface area (Å²) >= 11 is 0. The third kappa shape index (κ3) is 2.21. The van der Waals surface area contributed by atoms with Crippen LogP contribution < -0.4 is 4.74 Å². The molecule has 0 spiro atoms. The first kappa shape index (κ1) is 11.4. The van der Waals surface area contributed by atoms with Gasteiger partial charge in [0.05, 0.1) is 17.7 Å². The quantitative estimate of drug-likeness (QED) is 0.565. The highest BCUT2D eigenvalue weighted by atomic mass is 19.1. The molecule has 1 rings (SSSR count). The topological polar surface area (TPSA) is 43.4 Å². The molecular weight excluding hydrogens is 199 g/mol. The molecule has 0 aliphatic heterocycles. The largest absolute Gasteiger partial charge is 0.493 e. The molecule has 0 aromatic heterocycles. The molecule has 0 atom stereocenters. The van der Waals surface area contributed by atoms with Crippen molar-refractivity contribution in [2.75, 3.05) is 6.61 Å². The van der Waals surface area contributed by atoms with Crippen molar-refractivity contribution in [1.82, 2.24) is 0 Å². The molecule has 0 bridgehead atoms. The zero-order chi connectivity index (χ0) is 11.4. The molecule has 0 saturated carbocycles. The molecular formula is C11H11FO3. The summed E-state index contributed by atoms with van der Waals surface area (Å²) in [6.45, 7) is 3.30. The van der Waals surface area contributed by atoms with E-state index in [9.17, 15) is 14.0 Å². The van der Waals surface area contributed by atoms with E-state index in [1.54, 1.807) is 6.92 Å². The minimum Gasteiger partial charge on any atom is -0.493 e. The molecule has 0 saturated heterocycles. The van der Waals surface area contributed by atoms with E-state index in [0.29, 0.717) is 12.9 Å². The lowest BCUT2D eigenvalue weighted by Crippen LogP contribution is -2.04. The Hall–Kier alpha value is -1.71. The second-order valence-electron chi connectivity index (χ2n) is 2.95. The third-order valence-corrected chi connectivity index (χ3v) is 1.94. The normalized spacial score (nSPS) is 9.80. The Kier molecular flexibility index (Phi) is 3.55. The summed E-state index contributed by atoms with van der Waals surface area (Å²) < 4.78 is 18.6. The molecule has 0 fully saturated rings. The van der Waals surface area contributed by atoms with Crippen molar-refractivity contribution in [3.05, 3.63) is 29.1 Å². The summed E-state index contributed by atoms with van der Waals surface area (Å²) in [5, 5.41) is 0. The Morgan fingerprint density at radius 3 is 2.67 bits per heavy atom. The van der Waals surface area contributed by atoms with Gasteiger partial charge in [-0.1, -0.05) is 0 Å². The molecule has 0 amide bonds. The molecule has 0 unspecified atom stereocenters. The average Bonchev–Trinajstić information content (AvgIpc) is 2.18.